The minimum Gasteiger partial charge on any atom is -0.352 e. The maximum atomic E-state index is 12.1. The summed E-state index contributed by atoms with van der Waals surface area (Å²) in [4.78, 5) is 0. The van der Waals surface area contributed by atoms with Crippen LogP contribution in [0.25, 0.3) is 0 Å². The normalized spacial score (nSPS) is 12.0. The molecule has 2 aromatic heterocycles. The van der Waals surface area contributed by atoms with Gasteiger partial charge in [-0.25, -0.2) is 13.1 Å². The number of rotatable bonds is 4. The Bertz CT molecular complexity index is 701. The first-order valence-electron chi connectivity index (χ1n) is 5.68. The van der Waals surface area contributed by atoms with Gasteiger partial charge in [-0.2, -0.15) is 0 Å². The van der Waals surface area contributed by atoms with Gasteiger partial charge in [-0.1, -0.05) is 0 Å². The van der Waals surface area contributed by atoms with Crippen molar-refractivity contribution < 1.29 is 8.42 Å². The lowest BCUT2D eigenvalue weighted by atomic mass is 10.2. The molecule has 0 radical (unpaired) electrons. The highest BCUT2D eigenvalue weighted by Crippen LogP contribution is 2.26. The van der Waals surface area contributed by atoms with E-state index in [0.717, 1.165) is 20.7 Å². The first-order chi connectivity index (χ1) is 8.81. The smallest absolute Gasteiger partial charge is 0.250 e. The lowest BCUT2D eigenvalue weighted by Crippen LogP contribution is -2.22. The Hall–Kier alpha value is -0.630. The molecule has 0 aliphatic rings. The number of thiophene rings is 1. The molecule has 0 aliphatic carbocycles. The van der Waals surface area contributed by atoms with E-state index in [9.17, 15) is 8.42 Å². The second-order valence-corrected chi connectivity index (χ2v) is 8.80. The Morgan fingerprint density at radius 3 is 2.53 bits per heavy atom. The lowest BCUT2D eigenvalue weighted by molar-refractivity contribution is 0.583. The molecule has 0 aromatic carbocycles. The Kier molecular flexibility index (Phi) is 4.20. The van der Waals surface area contributed by atoms with E-state index in [1.54, 1.807) is 12.1 Å². The molecule has 2 rings (SSSR count). The van der Waals surface area contributed by atoms with Gasteiger partial charge in [0.25, 0.3) is 0 Å². The van der Waals surface area contributed by atoms with Gasteiger partial charge in [0.05, 0.1) is 3.79 Å². The zero-order valence-electron chi connectivity index (χ0n) is 10.9. The molecule has 0 atom stereocenters. The number of nitrogens with zero attached hydrogens (tertiary/aromatic N) is 1. The molecule has 1 N–H and O–H groups in total. The van der Waals surface area contributed by atoms with Crippen LogP contribution in [0.1, 0.15) is 17.0 Å². The van der Waals surface area contributed by atoms with Crippen LogP contribution < -0.4 is 4.72 Å². The largest absolute Gasteiger partial charge is 0.352 e. The average molecular weight is 363 g/mol. The van der Waals surface area contributed by atoms with Crippen LogP contribution in [0.2, 0.25) is 0 Å². The fourth-order valence-corrected chi connectivity index (χ4v) is 4.86. The van der Waals surface area contributed by atoms with E-state index in [0.29, 0.717) is 10.8 Å². The molecule has 0 unspecified atom stereocenters. The minimum atomic E-state index is -3.43. The van der Waals surface area contributed by atoms with Crippen molar-refractivity contribution in [2.45, 2.75) is 24.6 Å². The highest BCUT2D eigenvalue weighted by Gasteiger charge is 2.17. The third-order valence-electron chi connectivity index (χ3n) is 3.15. The van der Waals surface area contributed by atoms with E-state index in [4.69, 9.17) is 0 Å². The molecule has 19 heavy (non-hydrogen) atoms. The van der Waals surface area contributed by atoms with Crippen LogP contribution in [0.15, 0.2) is 26.2 Å². The van der Waals surface area contributed by atoms with Crippen LogP contribution in [-0.2, 0) is 23.6 Å². The van der Waals surface area contributed by atoms with Crippen LogP contribution >= 0.6 is 27.3 Å². The molecule has 4 nitrogen and oxygen atoms in total. The Balaban J connectivity index is 2.16. The summed E-state index contributed by atoms with van der Waals surface area (Å²) >= 11 is 4.47. The third kappa shape index (κ3) is 3.10. The first-order valence-corrected chi connectivity index (χ1v) is 8.77. The zero-order chi connectivity index (χ0) is 14.2. The zero-order valence-corrected chi connectivity index (χ0v) is 14.1. The average Bonchev–Trinajstić information content (AvgIpc) is 2.88. The van der Waals surface area contributed by atoms with Gasteiger partial charge in [0.1, 0.15) is 4.21 Å². The summed E-state index contributed by atoms with van der Waals surface area (Å²) in [6.45, 7) is 4.30. The fraction of sp³-hybridized carbons (Fsp3) is 0.333. The van der Waals surface area contributed by atoms with Crippen molar-refractivity contribution in [2.75, 3.05) is 0 Å². The molecule has 0 amide bonds. The standard InChI is InChI=1S/C12H15BrN2O2S2/c1-8-6-10(9(2)15(8)3)7-14-19(16,17)12-5-4-11(13)18-12/h4-6,14H,7H2,1-3H3. The van der Waals surface area contributed by atoms with E-state index >= 15 is 0 Å². The Labute approximate surface area is 125 Å². The van der Waals surface area contributed by atoms with Crippen LogP contribution in [-0.4, -0.2) is 13.0 Å². The number of hydrogen-bond donors (Lipinski definition) is 1. The van der Waals surface area contributed by atoms with Gasteiger partial charge in [-0.15, -0.1) is 11.3 Å². The third-order valence-corrected chi connectivity index (χ3v) is 6.66. The van der Waals surface area contributed by atoms with Crippen molar-refractivity contribution in [1.29, 1.82) is 0 Å². The summed E-state index contributed by atoms with van der Waals surface area (Å²) in [6, 6.07) is 5.33. The second kappa shape index (κ2) is 5.40. The SMILES string of the molecule is Cc1cc(CNS(=O)(=O)c2ccc(Br)s2)c(C)n1C. The predicted octanol–water partition coefficient (Wildman–Crippen LogP) is 2.94. The molecule has 2 aromatic rings. The van der Waals surface area contributed by atoms with Crippen molar-refractivity contribution in [3.8, 4) is 0 Å². The molecule has 104 valence electrons. The summed E-state index contributed by atoms with van der Waals surface area (Å²) in [6.07, 6.45) is 0. The molecule has 0 saturated heterocycles. The quantitative estimate of drug-likeness (QED) is 0.908. The number of sulfonamides is 1. The number of aryl methyl sites for hydroxylation is 1. The van der Waals surface area contributed by atoms with Crippen LogP contribution in [0, 0.1) is 13.8 Å². The molecule has 0 bridgehead atoms. The summed E-state index contributed by atoms with van der Waals surface area (Å²) < 4.78 is 30.0. The van der Waals surface area contributed by atoms with E-state index in [1.807, 2.05) is 31.5 Å². The predicted molar refractivity (Wildman–Crippen MR) is 80.9 cm³/mol. The monoisotopic (exact) mass is 362 g/mol. The molecule has 0 aliphatic heterocycles. The van der Waals surface area contributed by atoms with Gasteiger partial charge >= 0.3 is 0 Å². The van der Waals surface area contributed by atoms with Crippen molar-refractivity contribution in [2.24, 2.45) is 7.05 Å². The van der Waals surface area contributed by atoms with Gasteiger partial charge in [-0.3, -0.25) is 0 Å². The van der Waals surface area contributed by atoms with Crippen LogP contribution in [0.3, 0.4) is 0 Å². The first kappa shape index (κ1) is 14.8. The summed E-state index contributed by atoms with van der Waals surface area (Å²) in [5, 5.41) is 0. The Morgan fingerprint density at radius 2 is 2.05 bits per heavy atom. The summed E-state index contributed by atoms with van der Waals surface area (Å²) in [7, 11) is -1.46. The number of halogens is 1. The van der Waals surface area contributed by atoms with Gasteiger partial charge in [0.15, 0.2) is 0 Å². The fourth-order valence-electron chi connectivity index (χ4n) is 1.80. The van der Waals surface area contributed by atoms with Crippen LogP contribution in [0.5, 0.6) is 0 Å². The summed E-state index contributed by atoms with van der Waals surface area (Å²) in [5.74, 6) is 0. The highest BCUT2D eigenvalue weighted by molar-refractivity contribution is 9.11. The molecule has 0 fully saturated rings. The molecule has 0 spiro atoms. The lowest BCUT2D eigenvalue weighted by Gasteiger charge is -2.05. The minimum absolute atomic E-state index is 0.311. The maximum Gasteiger partial charge on any atom is 0.250 e. The summed E-state index contributed by atoms with van der Waals surface area (Å²) in [5.41, 5.74) is 3.19. The van der Waals surface area contributed by atoms with E-state index in [-0.39, 0.29) is 0 Å². The Morgan fingerprint density at radius 1 is 1.37 bits per heavy atom. The molecule has 2 heterocycles. The number of aromatic nitrogens is 1. The molecule has 0 saturated carbocycles. The molecular weight excluding hydrogens is 348 g/mol. The highest BCUT2D eigenvalue weighted by atomic mass is 79.9. The second-order valence-electron chi connectivity index (χ2n) is 4.34. The van der Waals surface area contributed by atoms with Gasteiger partial charge in [0, 0.05) is 25.0 Å². The van der Waals surface area contributed by atoms with E-state index in [2.05, 4.69) is 20.7 Å². The number of hydrogen-bond acceptors (Lipinski definition) is 3. The number of nitrogens with one attached hydrogen (secondary N) is 1. The van der Waals surface area contributed by atoms with Crippen molar-refractivity contribution in [1.82, 2.24) is 9.29 Å². The van der Waals surface area contributed by atoms with Crippen molar-refractivity contribution in [3.63, 3.8) is 0 Å². The van der Waals surface area contributed by atoms with Gasteiger partial charge < -0.3 is 4.57 Å². The van der Waals surface area contributed by atoms with E-state index in [1.165, 1.54) is 11.3 Å². The van der Waals surface area contributed by atoms with Crippen LogP contribution in [0.4, 0.5) is 0 Å². The topological polar surface area (TPSA) is 51.1 Å². The molecule has 7 heteroatoms. The van der Waals surface area contributed by atoms with E-state index < -0.39 is 10.0 Å². The van der Waals surface area contributed by atoms with Gasteiger partial charge in [-0.05, 0) is 53.5 Å². The van der Waals surface area contributed by atoms with Crippen molar-refractivity contribution in [3.05, 3.63) is 38.9 Å². The molecular formula is C12H15BrN2O2S2. The maximum absolute atomic E-state index is 12.1. The van der Waals surface area contributed by atoms with Crippen molar-refractivity contribution >= 4 is 37.3 Å². The van der Waals surface area contributed by atoms with Gasteiger partial charge in [0.2, 0.25) is 10.0 Å².